The highest BCUT2D eigenvalue weighted by molar-refractivity contribution is 5.93. The van der Waals surface area contributed by atoms with E-state index in [1.54, 1.807) is 0 Å². The largest absolute Gasteiger partial charge is 0.0830 e. The second-order valence-electron chi connectivity index (χ2n) is 6.22. The molecule has 0 amide bonds. The van der Waals surface area contributed by atoms with Crippen LogP contribution in [-0.4, -0.2) is 0 Å². The number of hydrogen-bond acceptors (Lipinski definition) is 0. The van der Waals surface area contributed by atoms with Crippen LogP contribution in [0.5, 0.6) is 0 Å². The first-order valence-electron chi connectivity index (χ1n) is 8.00. The Labute approximate surface area is 132 Å². The van der Waals surface area contributed by atoms with Gasteiger partial charge in [0.15, 0.2) is 0 Å². The first kappa shape index (κ1) is 13.3. The Bertz CT molecular complexity index is 869. The van der Waals surface area contributed by atoms with E-state index >= 15 is 0 Å². The smallest absolute Gasteiger partial charge is 0.0133 e. The lowest BCUT2D eigenvalue weighted by atomic mass is 9.77. The summed E-state index contributed by atoms with van der Waals surface area (Å²) in [4.78, 5) is 0. The predicted octanol–water partition coefficient (Wildman–Crippen LogP) is 6.01. The standard InChI is InChI=1S/C22H20/c1-15-18-11-6-7-12-19(18)16(2)22-20(15)13-8-14-21(22)17-9-4-3-5-10-17/h3-13,21H,14H2,1-2H3. The number of aryl methyl sites for hydroxylation is 2. The molecule has 0 spiro atoms. The van der Waals surface area contributed by atoms with Crippen LogP contribution < -0.4 is 0 Å². The second kappa shape index (κ2) is 5.14. The number of hydrogen-bond donors (Lipinski definition) is 0. The lowest BCUT2D eigenvalue weighted by Crippen LogP contribution is -2.10. The van der Waals surface area contributed by atoms with Crippen LogP contribution in [0.2, 0.25) is 0 Å². The van der Waals surface area contributed by atoms with E-state index < -0.39 is 0 Å². The molecule has 1 unspecified atom stereocenters. The lowest BCUT2D eigenvalue weighted by Gasteiger charge is -2.27. The van der Waals surface area contributed by atoms with Crippen molar-refractivity contribution < 1.29 is 0 Å². The molecule has 108 valence electrons. The molecule has 22 heavy (non-hydrogen) atoms. The zero-order valence-electron chi connectivity index (χ0n) is 13.1. The van der Waals surface area contributed by atoms with Crippen LogP contribution in [0.25, 0.3) is 16.8 Å². The summed E-state index contributed by atoms with van der Waals surface area (Å²) >= 11 is 0. The zero-order chi connectivity index (χ0) is 15.1. The van der Waals surface area contributed by atoms with Gasteiger partial charge in [0.1, 0.15) is 0 Å². The molecule has 0 saturated carbocycles. The van der Waals surface area contributed by atoms with Gasteiger partial charge in [-0.15, -0.1) is 0 Å². The van der Waals surface area contributed by atoms with Crippen LogP contribution in [0.3, 0.4) is 0 Å². The van der Waals surface area contributed by atoms with Gasteiger partial charge >= 0.3 is 0 Å². The first-order valence-corrected chi connectivity index (χ1v) is 8.00. The van der Waals surface area contributed by atoms with Gasteiger partial charge < -0.3 is 0 Å². The topological polar surface area (TPSA) is 0 Å². The van der Waals surface area contributed by atoms with Crippen LogP contribution in [0.15, 0.2) is 60.7 Å². The van der Waals surface area contributed by atoms with E-state index in [1.165, 1.54) is 38.6 Å². The second-order valence-corrected chi connectivity index (χ2v) is 6.22. The highest BCUT2D eigenvalue weighted by Crippen LogP contribution is 2.42. The zero-order valence-corrected chi connectivity index (χ0v) is 13.1. The Morgan fingerprint density at radius 1 is 0.773 bits per heavy atom. The molecule has 0 nitrogen and oxygen atoms in total. The molecule has 0 saturated heterocycles. The molecular weight excluding hydrogens is 264 g/mol. The molecule has 0 N–H and O–H groups in total. The Morgan fingerprint density at radius 3 is 2.14 bits per heavy atom. The van der Waals surface area contributed by atoms with Crippen LogP contribution in [0.4, 0.5) is 0 Å². The third-order valence-corrected chi connectivity index (χ3v) is 5.04. The van der Waals surface area contributed by atoms with Crippen LogP contribution in [0.1, 0.15) is 40.2 Å². The Kier molecular flexibility index (Phi) is 3.11. The average molecular weight is 284 g/mol. The Balaban J connectivity index is 2.05. The summed E-state index contributed by atoms with van der Waals surface area (Å²) in [5, 5.41) is 2.78. The molecular formula is C22H20. The van der Waals surface area contributed by atoms with Crippen molar-refractivity contribution in [1.29, 1.82) is 0 Å². The van der Waals surface area contributed by atoms with Gasteiger partial charge in [0.25, 0.3) is 0 Å². The highest BCUT2D eigenvalue weighted by atomic mass is 14.3. The van der Waals surface area contributed by atoms with Crippen molar-refractivity contribution in [3.8, 4) is 0 Å². The van der Waals surface area contributed by atoms with Gasteiger partial charge in [-0.3, -0.25) is 0 Å². The van der Waals surface area contributed by atoms with Gasteiger partial charge in [-0.25, -0.2) is 0 Å². The Morgan fingerprint density at radius 2 is 1.41 bits per heavy atom. The maximum absolute atomic E-state index is 2.33. The van der Waals surface area contributed by atoms with E-state index in [4.69, 9.17) is 0 Å². The third-order valence-electron chi connectivity index (χ3n) is 5.04. The summed E-state index contributed by atoms with van der Waals surface area (Å²) in [6, 6.07) is 19.7. The van der Waals surface area contributed by atoms with Gasteiger partial charge in [-0.2, -0.15) is 0 Å². The Hall–Kier alpha value is -2.34. The molecule has 3 aromatic rings. The van der Waals surface area contributed by atoms with Gasteiger partial charge in [-0.1, -0.05) is 66.7 Å². The molecule has 4 rings (SSSR count). The van der Waals surface area contributed by atoms with E-state index in [0.717, 1.165) is 6.42 Å². The fourth-order valence-electron chi connectivity index (χ4n) is 3.92. The minimum atomic E-state index is 0.476. The molecule has 0 aliphatic heterocycles. The lowest BCUT2D eigenvalue weighted by molar-refractivity contribution is 0.812. The SMILES string of the molecule is Cc1c2c(c(C)c3ccccc13)C(c1ccccc1)CC=C2. The van der Waals surface area contributed by atoms with Gasteiger partial charge in [0, 0.05) is 5.92 Å². The minimum absolute atomic E-state index is 0.476. The number of benzene rings is 3. The predicted molar refractivity (Wildman–Crippen MR) is 95.4 cm³/mol. The van der Waals surface area contributed by atoms with Crippen LogP contribution in [0, 0.1) is 13.8 Å². The van der Waals surface area contributed by atoms with Crippen molar-refractivity contribution in [3.63, 3.8) is 0 Å². The van der Waals surface area contributed by atoms with Crippen molar-refractivity contribution in [2.75, 3.05) is 0 Å². The van der Waals surface area contributed by atoms with Gasteiger partial charge in [-0.05, 0) is 58.9 Å². The number of fused-ring (bicyclic) bond motifs is 2. The maximum Gasteiger partial charge on any atom is 0.0133 e. The van der Waals surface area contributed by atoms with Gasteiger partial charge in [0.2, 0.25) is 0 Å². The molecule has 1 aliphatic rings. The van der Waals surface area contributed by atoms with E-state index in [2.05, 4.69) is 80.6 Å². The monoisotopic (exact) mass is 284 g/mol. The summed E-state index contributed by atoms with van der Waals surface area (Å²) in [7, 11) is 0. The molecule has 1 atom stereocenters. The molecule has 0 heteroatoms. The fraction of sp³-hybridized carbons (Fsp3) is 0.182. The van der Waals surface area contributed by atoms with Crippen molar-refractivity contribution >= 4 is 16.8 Å². The van der Waals surface area contributed by atoms with E-state index in [1.807, 2.05) is 0 Å². The summed E-state index contributed by atoms with van der Waals surface area (Å²) in [6.45, 7) is 4.55. The van der Waals surface area contributed by atoms with E-state index in [-0.39, 0.29) is 0 Å². The third kappa shape index (κ3) is 1.91. The normalized spacial score (nSPS) is 16.7. The molecule has 0 radical (unpaired) electrons. The molecule has 0 bridgehead atoms. The maximum atomic E-state index is 2.33. The summed E-state index contributed by atoms with van der Waals surface area (Å²) in [5.74, 6) is 0.476. The van der Waals surface area contributed by atoms with E-state index in [9.17, 15) is 0 Å². The average Bonchev–Trinajstić information content (AvgIpc) is 2.60. The number of rotatable bonds is 1. The molecule has 0 fully saturated rings. The first-order chi connectivity index (χ1) is 10.8. The minimum Gasteiger partial charge on any atom is -0.0830 e. The van der Waals surface area contributed by atoms with E-state index in [0.29, 0.717) is 5.92 Å². The molecule has 3 aromatic carbocycles. The summed E-state index contributed by atoms with van der Waals surface area (Å²) < 4.78 is 0. The molecule has 0 aromatic heterocycles. The molecule has 0 heterocycles. The van der Waals surface area contributed by atoms with Gasteiger partial charge in [0.05, 0.1) is 0 Å². The van der Waals surface area contributed by atoms with Crippen molar-refractivity contribution in [3.05, 3.63) is 88.5 Å². The summed E-state index contributed by atoms with van der Waals surface area (Å²) in [6.07, 6.45) is 5.75. The number of allylic oxidation sites excluding steroid dienone is 1. The fourth-order valence-corrected chi connectivity index (χ4v) is 3.92. The van der Waals surface area contributed by atoms with Crippen LogP contribution in [-0.2, 0) is 0 Å². The van der Waals surface area contributed by atoms with Crippen molar-refractivity contribution in [2.45, 2.75) is 26.2 Å². The van der Waals surface area contributed by atoms with Crippen molar-refractivity contribution in [2.24, 2.45) is 0 Å². The van der Waals surface area contributed by atoms with Crippen molar-refractivity contribution in [1.82, 2.24) is 0 Å². The highest BCUT2D eigenvalue weighted by Gasteiger charge is 2.23. The quantitative estimate of drug-likeness (QED) is 0.513. The summed E-state index contributed by atoms with van der Waals surface area (Å²) in [5.41, 5.74) is 7.22. The van der Waals surface area contributed by atoms with Crippen LogP contribution >= 0.6 is 0 Å². The molecule has 1 aliphatic carbocycles.